The van der Waals surface area contributed by atoms with Crippen LogP contribution in [0.5, 0.6) is 0 Å². The molecule has 0 radical (unpaired) electrons. The van der Waals surface area contributed by atoms with Gasteiger partial charge in [0.05, 0.1) is 16.2 Å². The topological polar surface area (TPSA) is 116 Å². The molecule has 5 aliphatic rings. The first-order chi connectivity index (χ1) is 17.6. The van der Waals surface area contributed by atoms with Crippen molar-refractivity contribution < 1.29 is 18.3 Å². The molecule has 1 aromatic heterocycles. The number of sulfone groups is 1. The lowest BCUT2D eigenvalue weighted by Gasteiger charge is -2.58. The average molecular weight is 526 g/mol. The monoisotopic (exact) mass is 525 g/mol. The van der Waals surface area contributed by atoms with Crippen LogP contribution in [0.15, 0.2) is 41.4 Å². The molecule has 4 bridgehead atoms. The zero-order valence-electron chi connectivity index (χ0n) is 21.4. The van der Waals surface area contributed by atoms with Gasteiger partial charge in [-0.2, -0.15) is 0 Å². The van der Waals surface area contributed by atoms with Gasteiger partial charge < -0.3 is 20.2 Å². The van der Waals surface area contributed by atoms with Crippen LogP contribution in [0.2, 0.25) is 0 Å². The van der Waals surface area contributed by atoms with E-state index in [1.165, 1.54) is 6.26 Å². The van der Waals surface area contributed by atoms with Crippen LogP contribution in [0.4, 0.5) is 11.6 Å². The first kappa shape index (κ1) is 24.6. The van der Waals surface area contributed by atoms with E-state index in [0.29, 0.717) is 59.6 Å². The molecule has 2 N–H and O–H groups in total. The molecular weight excluding hydrogens is 490 g/mol. The van der Waals surface area contributed by atoms with Gasteiger partial charge in [0, 0.05) is 44.2 Å². The first-order valence-corrected chi connectivity index (χ1v) is 15.2. The predicted molar refractivity (Wildman–Crippen MR) is 140 cm³/mol. The second-order valence-corrected chi connectivity index (χ2v) is 13.6. The Bertz CT molecular complexity index is 1300. The Morgan fingerprint density at radius 2 is 1.84 bits per heavy atom. The van der Waals surface area contributed by atoms with E-state index in [0.717, 1.165) is 32.1 Å². The van der Waals surface area contributed by atoms with Gasteiger partial charge in [0.15, 0.2) is 9.84 Å². The summed E-state index contributed by atoms with van der Waals surface area (Å²) >= 11 is 0. The van der Waals surface area contributed by atoms with Crippen molar-refractivity contribution in [2.24, 2.45) is 17.8 Å². The number of anilines is 2. The summed E-state index contributed by atoms with van der Waals surface area (Å²) in [6.45, 7) is 3.90. The smallest absolute Gasteiger partial charge is 0.270 e. The van der Waals surface area contributed by atoms with Gasteiger partial charge in [0.25, 0.3) is 5.91 Å². The number of nitrogens with zero attached hydrogens (tertiary/aromatic N) is 4. The minimum atomic E-state index is -3.34. The van der Waals surface area contributed by atoms with Crippen LogP contribution in [0, 0.1) is 17.8 Å². The molecular formula is C27H35N5O4S. The maximum Gasteiger partial charge on any atom is 0.270 e. The molecule has 1 saturated heterocycles. The highest BCUT2D eigenvalue weighted by molar-refractivity contribution is 7.90. The second-order valence-electron chi connectivity index (χ2n) is 11.7. The van der Waals surface area contributed by atoms with Crippen molar-refractivity contribution in [1.82, 2.24) is 15.3 Å². The van der Waals surface area contributed by atoms with Crippen molar-refractivity contribution >= 4 is 27.4 Å². The minimum absolute atomic E-state index is 0.0184. The highest BCUT2D eigenvalue weighted by Crippen LogP contribution is 2.55. The van der Waals surface area contributed by atoms with Crippen molar-refractivity contribution in [2.45, 2.75) is 61.6 Å². The van der Waals surface area contributed by atoms with Crippen LogP contribution in [0.1, 0.15) is 49.5 Å². The highest BCUT2D eigenvalue weighted by atomic mass is 32.2. The van der Waals surface area contributed by atoms with Crippen LogP contribution in [-0.2, 0) is 9.84 Å². The average Bonchev–Trinajstić information content (AvgIpc) is 2.84. The van der Waals surface area contributed by atoms with E-state index in [-0.39, 0.29) is 18.0 Å². The van der Waals surface area contributed by atoms with Crippen molar-refractivity contribution in [3.05, 3.63) is 42.2 Å². The second kappa shape index (κ2) is 8.94. The van der Waals surface area contributed by atoms with Gasteiger partial charge in [0.1, 0.15) is 5.69 Å². The summed E-state index contributed by atoms with van der Waals surface area (Å²) in [7, 11) is -3.34. The van der Waals surface area contributed by atoms with Crippen molar-refractivity contribution in [3.63, 3.8) is 0 Å². The Morgan fingerprint density at radius 1 is 1.11 bits per heavy atom. The third-order valence-electron chi connectivity index (χ3n) is 8.90. The van der Waals surface area contributed by atoms with Gasteiger partial charge in [-0.1, -0.05) is 12.1 Å². The fourth-order valence-electron chi connectivity index (χ4n) is 7.56. The predicted octanol–water partition coefficient (Wildman–Crippen LogP) is 2.26. The molecule has 2 aromatic rings. The van der Waals surface area contributed by atoms with E-state index in [9.17, 15) is 18.3 Å². The maximum atomic E-state index is 13.3. The van der Waals surface area contributed by atoms with Crippen LogP contribution in [0.3, 0.4) is 0 Å². The number of aromatic nitrogens is 2. The molecule has 4 saturated carbocycles. The van der Waals surface area contributed by atoms with E-state index in [1.807, 2.05) is 12.1 Å². The number of amides is 1. The number of aliphatic hydroxyl groups is 1. The van der Waals surface area contributed by atoms with Gasteiger partial charge in [0.2, 0.25) is 5.95 Å². The van der Waals surface area contributed by atoms with E-state index in [2.05, 4.69) is 32.0 Å². The lowest BCUT2D eigenvalue weighted by Crippen LogP contribution is -2.61. The number of hydrogen-bond donors (Lipinski definition) is 2. The van der Waals surface area contributed by atoms with Crippen molar-refractivity contribution in [3.8, 4) is 0 Å². The largest absolute Gasteiger partial charge is 0.390 e. The number of piperazine rings is 1. The Balaban J connectivity index is 1.15. The maximum absolute atomic E-state index is 13.3. The summed E-state index contributed by atoms with van der Waals surface area (Å²) in [5.74, 6) is 1.59. The zero-order chi connectivity index (χ0) is 25.9. The number of hydrogen-bond acceptors (Lipinski definition) is 8. The number of para-hydroxylation sites is 1. The molecule has 1 aromatic carbocycles. The van der Waals surface area contributed by atoms with Crippen LogP contribution in [0.25, 0.3) is 0 Å². The first-order valence-electron chi connectivity index (χ1n) is 13.3. The molecule has 2 heterocycles. The molecule has 3 unspecified atom stereocenters. The quantitative estimate of drug-likeness (QED) is 0.611. The molecule has 0 spiro atoms. The molecule has 7 rings (SSSR count). The van der Waals surface area contributed by atoms with Crippen LogP contribution >= 0.6 is 0 Å². The zero-order valence-corrected chi connectivity index (χ0v) is 22.2. The lowest BCUT2D eigenvalue weighted by atomic mass is 9.52. The third kappa shape index (κ3) is 4.58. The number of carbonyl (C=O) groups excluding carboxylic acids is 1. The summed E-state index contributed by atoms with van der Waals surface area (Å²) in [5, 5.41) is 14.1. The SMILES string of the molecule is CC1CN(c2ccccc2S(C)(=O)=O)CCN1c1nccc(C(=O)NC2C3CC4CC2CC(O)(C4)C3)n1. The third-order valence-corrected chi connectivity index (χ3v) is 10.0. The van der Waals surface area contributed by atoms with Crippen molar-refractivity contribution in [1.29, 1.82) is 0 Å². The molecule has 5 fully saturated rings. The molecule has 37 heavy (non-hydrogen) atoms. The van der Waals surface area contributed by atoms with Gasteiger partial charge in [-0.25, -0.2) is 18.4 Å². The van der Waals surface area contributed by atoms with Crippen LogP contribution in [-0.4, -0.2) is 73.0 Å². The van der Waals surface area contributed by atoms with Gasteiger partial charge in [-0.3, -0.25) is 4.79 Å². The van der Waals surface area contributed by atoms with Gasteiger partial charge >= 0.3 is 0 Å². The van der Waals surface area contributed by atoms with Gasteiger partial charge in [-0.15, -0.1) is 0 Å². The molecule has 1 amide bonds. The minimum Gasteiger partial charge on any atom is -0.390 e. The summed E-state index contributed by atoms with van der Waals surface area (Å²) in [5.41, 5.74) is 0.542. The van der Waals surface area contributed by atoms with Gasteiger partial charge in [-0.05, 0) is 75.0 Å². The lowest BCUT2D eigenvalue weighted by molar-refractivity contribution is -0.136. The fraction of sp³-hybridized carbons (Fsp3) is 0.593. The van der Waals surface area contributed by atoms with E-state index < -0.39 is 15.4 Å². The van der Waals surface area contributed by atoms with E-state index >= 15 is 0 Å². The summed E-state index contributed by atoms with van der Waals surface area (Å²) in [6.07, 6.45) is 7.53. The molecule has 198 valence electrons. The van der Waals surface area contributed by atoms with E-state index in [4.69, 9.17) is 0 Å². The summed E-state index contributed by atoms with van der Waals surface area (Å²) in [6, 6.07) is 8.88. The van der Waals surface area contributed by atoms with Crippen molar-refractivity contribution in [2.75, 3.05) is 35.7 Å². The Labute approximate surface area is 218 Å². The Kier molecular flexibility index (Phi) is 5.95. The standard InChI is InChI=1S/C27H35N5O4S/c1-17-16-31(22-5-3-4-6-23(22)37(2,35)36)9-10-32(17)26-28-8-7-21(29-26)25(33)30-24-19-11-18-12-20(24)15-27(34,13-18)14-19/h3-8,17-20,24,34H,9-16H2,1-2H3,(H,30,33). The molecule has 10 heteroatoms. The Morgan fingerprint density at radius 3 is 2.51 bits per heavy atom. The number of rotatable bonds is 5. The number of carbonyl (C=O) groups is 1. The highest BCUT2D eigenvalue weighted by Gasteiger charge is 2.55. The normalized spacial score (nSPS) is 33.0. The summed E-state index contributed by atoms with van der Waals surface area (Å²) < 4.78 is 24.6. The molecule has 9 nitrogen and oxygen atoms in total. The fourth-order valence-corrected chi connectivity index (χ4v) is 8.46. The molecule has 4 aliphatic carbocycles. The Hall–Kier alpha value is -2.72. The molecule has 3 atom stereocenters. The molecule has 1 aliphatic heterocycles. The summed E-state index contributed by atoms with van der Waals surface area (Å²) in [4.78, 5) is 26.9. The number of benzene rings is 1. The van der Waals surface area contributed by atoms with E-state index in [1.54, 1.807) is 24.4 Å². The number of nitrogens with one attached hydrogen (secondary N) is 1. The van der Waals surface area contributed by atoms with Crippen LogP contribution < -0.4 is 15.1 Å².